The molecule has 0 saturated heterocycles. The minimum absolute atomic E-state index is 0.156. The molecule has 0 spiro atoms. The Morgan fingerprint density at radius 2 is 2.10 bits per heavy atom. The second-order valence-corrected chi connectivity index (χ2v) is 6.00. The van der Waals surface area contributed by atoms with Crippen LogP contribution in [0.25, 0.3) is 0 Å². The van der Waals surface area contributed by atoms with Crippen LogP contribution in [0.4, 0.5) is 5.69 Å². The summed E-state index contributed by atoms with van der Waals surface area (Å²) in [5.74, 6) is 1.21. The summed E-state index contributed by atoms with van der Waals surface area (Å²) >= 11 is 1.61. The van der Waals surface area contributed by atoms with Crippen LogP contribution < -0.4 is 5.32 Å². The van der Waals surface area contributed by atoms with Gasteiger partial charge in [0.15, 0.2) is 0 Å². The third-order valence-electron chi connectivity index (χ3n) is 3.54. The smallest absolute Gasteiger partial charge is 0.259 e. The quantitative estimate of drug-likeness (QED) is 0.876. The molecule has 0 atom stereocenters. The van der Waals surface area contributed by atoms with Gasteiger partial charge < -0.3 is 5.32 Å². The van der Waals surface area contributed by atoms with Gasteiger partial charge in [-0.25, -0.2) is 9.97 Å². The maximum Gasteiger partial charge on any atom is 0.259 e. The SMILES string of the molecule is CSc1ccccc1NC(=O)c1cnc(C2CC2)nc1C. The second-order valence-electron chi connectivity index (χ2n) is 5.16. The van der Waals surface area contributed by atoms with Gasteiger partial charge in [-0.1, -0.05) is 12.1 Å². The van der Waals surface area contributed by atoms with Gasteiger partial charge in [-0.2, -0.15) is 0 Å². The Morgan fingerprint density at radius 1 is 1.33 bits per heavy atom. The minimum atomic E-state index is -0.156. The van der Waals surface area contributed by atoms with Crippen molar-refractivity contribution in [3.05, 3.63) is 47.5 Å². The van der Waals surface area contributed by atoms with Gasteiger partial charge in [0.25, 0.3) is 5.91 Å². The molecule has 1 aliphatic carbocycles. The van der Waals surface area contributed by atoms with Crippen LogP contribution in [-0.2, 0) is 0 Å². The third kappa shape index (κ3) is 3.08. The number of aromatic nitrogens is 2. The van der Waals surface area contributed by atoms with Crippen molar-refractivity contribution < 1.29 is 4.79 Å². The molecule has 5 heteroatoms. The van der Waals surface area contributed by atoms with Crippen LogP contribution in [0.15, 0.2) is 35.4 Å². The fraction of sp³-hybridized carbons (Fsp3) is 0.312. The zero-order valence-corrected chi connectivity index (χ0v) is 12.9. The van der Waals surface area contributed by atoms with Crippen LogP contribution in [0.3, 0.4) is 0 Å². The van der Waals surface area contributed by atoms with E-state index in [1.165, 1.54) is 0 Å². The first-order valence-corrected chi connectivity index (χ1v) is 8.19. The average molecular weight is 299 g/mol. The van der Waals surface area contributed by atoms with E-state index in [2.05, 4.69) is 15.3 Å². The number of nitrogens with one attached hydrogen (secondary N) is 1. The molecule has 4 nitrogen and oxygen atoms in total. The van der Waals surface area contributed by atoms with Gasteiger partial charge >= 0.3 is 0 Å². The Labute approximate surface area is 128 Å². The van der Waals surface area contributed by atoms with Gasteiger partial charge in [-0.05, 0) is 38.2 Å². The van der Waals surface area contributed by atoms with Crippen LogP contribution in [-0.4, -0.2) is 22.1 Å². The predicted octanol–water partition coefficient (Wildman–Crippen LogP) is 3.64. The van der Waals surface area contributed by atoms with E-state index in [0.29, 0.717) is 11.5 Å². The van der Waals surface area contributed by atoms with Crippen LogP contribution in [0.1, 0.15) is 40.6 Å². The van der Waals surface area contributed by atoms with E-state index in [4.69, 9.17) is 0 Å². The monoisotopic (exact) mass is 299 g/mol. The zero-order valence-electron chi connectivity index (χ0n) is 12.1. The van der Waals surface area contributed by atoms with Crippen LogP contribution >= 0.6 is 11.8 Å². The standard InChI is InChI=1S/C16H17N3OS/c1-10-12(9-17-15(18-10)11-7-8-11)16(20)19-13-5-3-4-6-14(13)21-2/h3-6,9,11H,7-8H2,1-2H3,(H,19,20). The second kappa shape index (κ2) is 5.85. The molecule has 0 aliphatic heterocycles. The molecular formula is C16H17N3OS. The topological polar surface area (TPSA) is 54.9 Å². The lowest BCUT2D eigenvalue weighted by molar-refractivity contribution is 0.102. The molecule has 21 heavy (non-hydrogen) atoms. The number of anilines is 1. The van der Waals surface area contributed by atoms with Crippen molar-refractivity contribution in [1.82, 2.24) is 9.97 Å². The number of hydrogen-bond acceptors (Lipinski definition) is 4. The molecule has 1 aromatic heterocycles. The van der Waals surface area contributed by atoms with Crippen molar-refractivity contribution >= 4 is 23.4 Å². The van der Waals surface area contributed by atoms with E-state index in [1.807, 2.05) is 37.4 Å². The Hall–Kier alpha value is -1.88. The summed E-state index contributed by atoms with van der Waals surface area (Å²) in [6, 6.07) is 7.76. The van der Waals surface area contributed by atoms with Crippen molar-refractivity contribution in [3.63, 3.8) is 0 Å². The number of aryl methyl sites for hydroxylation is 1. The summed E-state index contributed by atoms with van der Waals surface area (Å²) < 4.78 is 0. The number of para-hydroxylation sites is 1. The normalized spacial score (nSPS) is 14.0. The lowest BCUT2D eigenvalue weighted by atomic mass is 10.2. The molecule has 1 amide bonds. The van der Waals surface area contributed by atoms with E-state index in [0.717, 1.165) is 34.9 Å². The molecule has 1 N–H and O–H groups in total. The Bertz CT molecular complexity index is 683. The van der Waals surface area contributed by atoms with Gasteiger partial charge in [0, 0.05) is 17.0 Å². The Morgan fingerprint density at radius 3 is 2.76 bits per heavy atom. The maximum atomic E-state index is 12.4. The van der Waals surface area contributed by atoms with Gasteiger partial charge in [-0.3, -0.25) is 4.79 Å². The molecule has 1 saturated carbocycles. The van der Waals surface area contributed by atoms with Crippen molar-refractivity contribution in [2.45, 2.75) is 30.6 Å². The molecule has 0 bridgehead atoms. The highest BCUT2D eigenvalue weighted by molar-refractivity contribution is 7.98. The van der Waals surface area contributed by atoms with Gasteiger partial charge in [0.2, 0.25) is 0 Å². The number of carbonyl (C=O) groups is 1. The van der Waals surface area contributed by atoms with Crippen molar-refractivity contribution in [2.75, 3.05) is 11.6 Å². The number of hydrogen-bond donors (Lipinski definition) is 1. The summed E-state index contributed by atoms with van der Waals surface area (Å²) in [6.07, 6.45) is 5.95. The van der Waals surface area contributed by atoms with E-state index < -0.39 is 0 Å². The maximum absolute atomic E-state index is 12.4. The summed E-state index contributed by atoms with van der Waals surface area (Å²) in [5, 5.41) is 2.94. The Kier molecular flexibility index (Phi) is 3.92. The fourth-order valence-corrected chi connectivity index (χ4v) is 2.74. The van der Waals surface area contributed by atoms with Gasteiger partial charge in [-0.15, -0.1) is 11.8 Å². The van der Waals surface area contributed by atoms with Crippen LogP contribution in [0.2, 0.25) is 0 Å². The molecule has 1 aromatic carbocycles. The summed E-state index contributed by atoms with van der Waals surface area (Å²) in [5.41, 5.74) is 2.10. The van der Waals surface area contributed by atoms with Gasteiger partial charge in [0.1, 0.15) is 5.82 Å². The van der Waals surface area contributed by atoms with E-state index in [9.17, 15) is 4.79 Å². The summed E-state index contributed by atoms with van der Waals surface area (Å²) in [4.78, 5) is 22.2. The molecule has 3 rings (SSSR count). The molecular weight excluding hydrogens is 282 g/mol. The summed E-state index contributed by atoms with van der Waals surface area (Å²) in [6.45, 7) is 1.86. The van der Waals surface area contributed by atoms with Crippen molar-refractivity contribution in [2.24, 2.45) is 0 Å². The molecule has 108 valence electrons. The zero-order chi connectivity index (χ0) is 14.8. The minimum Gasteiger partial charge on any atom is -0.321 e. The highest BCUT2D eigenvalue weighted by Crippen LogP contribution is 2.38. The first-order valence-electron chi connectivity index (χ1n) is 6.97. The predicted molar refractivity (Wildman–Crippen MR) is 84.9 cm³/mol. The van der Waals surface area contributed by atoms with Gasteiger partial charge in [0.05, 0.1) is 16.9 Å². The lowest BCUT2D eigenvalue weighted by Crippen LogP contribution is -2.15. The lowest BCUT2D eigenvalue weighted by Gasteiger charge is -2.10. The molecule has 1 heterocycles. The number of rotatable bonds is 4. The largest absolute Gasteiger partial charge is 0.321 e. The third-order valence-corrected chi connectivity index (χ3v) is 4.34. The van der Waals surface area contributed by atoms with Crippen LogP contribution in [0, 0.1) is 6.92 Å². The summed E-state index contributed by atoms with van der Waals surface area (Å²) in [7, 11) is 0. The van der Waals surface area contributed by atoms with Crippen LogP contribution in [0.5, 0.6) is 0 Å². The van der Waals surface area contributed by atoms with E-state index in [1.54, 1.807) is 18.0 Å². The number of thioether (sulfide) groups is 1. The molecule has 0 radical (unpaired) electrons. The first kappa shape index (κ1) is 14.1. The molecule has 2 aromatic rings. The molecule has 1 aliphatic rings. The van der Waals surface area contributed by atoms with E-state index >= 15 is 0 Å². The first-order chi connectivity index (χ1) is 10.2. The Balaban J connectivity index is 1.81. The number of carbonyl (C=O) groups excluding carboxylic acids is 1. The average Bonchev–Trinajstić information content (AvgIpc) is 3.32. The van der Waals surface area contributed by atoms with Crippen molar-refractivity contribution in [1.29, 1.82) is 0 Å². The highest BCUT2D eigenvalue weighted by atomic mass is 32.2. The molecule has 1 fully saturated rings. The number of benzene rings is 1. The van der Waals surface area contributed by atoms with E-state index in [-0.39, 0.29) is 5.91 Å². The fourth-order valence-electron chi connectivity index (χ4n) is 2.18. The highest BCUT2D eigenvalue weighted by Gasteiger charge is 2.27. The number of amides is 1. The number of nitrogens with zero attached hydrogens (tertiary/aromatic N) is 2. The van der Waals surface area contributed by atoms with Crippen molar-refractivity contribution in [3.8, 4) is 0 Å². The molecule has 0 unspecified atom stereocenters.